The molecule has 4 heterocycles. The number of hydrogen-bond donors (Lipinski definition) is 0. The van der Waals surface area contributed by atoms with Gasteiger partial charge in [0.25, 0.3) is 0 Å². The highest BCUT2D eigenvalue weighted by Crippen LogP contribution is 2.22. The standard InChI is InChI=1S/C15H18N6/c1-12-16-7-10-20(12)15-11-14(19-8-3-2-4-9-19)18-13-5-6-17-21(13)15/h5-7,10-11H,2-4,8-9H2,1H3. The largest absolute Gasteiger partial charge is 0.356 e. The summed E-state index contributed by atoms with van der Waals surface area (Å²) in [7, 11) is 0. The quantitative estimate of drug-likeness (QED) is 0.723. The number of anilines is 1. The third-order valence-electron chi connectivity index (χ3n) is 4.08. The first-order valence-corrected chi connectivity index (χ1v) is 7.43. The van der Waals surface area contributed by atoms with Crippen LogP contribution in [0.2, 0.25) is 0 Å². The molecule has 21 heavy (non-hydrogen) atoms. The maximum atomic E-state index is 4.75. The van der Waals surface area contributed by atoms with Crippen molar-refractivity contribution in [3.8, 4) is 5.82 Å². The molecule has 0 aliphatic carbocycles. The average Bonchev–Trinajstić information content (AvgIpc) is 3.15. The second kappa shape index (κ2) is 4.87. The lowest BCUT2D eigenvalue weighted by molar-refractivity contribution is 0.573. The number of fused-ring (bicyclic) bond motifs is 1. The zero-order chi connectivity index (χ0) is 14.2. The second-order valence-corrected chi connectivity index (χ2v) is 5.47. The highest BCUT2D eigenvalue weighted by atomic mass is 15.3. The Bertz CT molecular complexity index is 765. The van der Waals surface area contributed by atoms with Crippen LogP contribution in [0, 0.1) is 6.92 Å². The molecule has 6 nitrogen and oxygen atoms in total. The molecule has 1 fully saturated rings. The minimum absolute atomic E-state index is 0.876. The van der Waals surface area contributed by atoms with Crippen LogP contribution in [0.5, 0.6) is 0 Å². The molecule has 0 atom stereocenters. The molecule has 0 amide bonds. The van der Waals surface area contributed by atoms with Gasteiger partial charge in [-0.15, -0.1) is 0 Å². The van der Waals surface area contributed by atoms with Gasteiger partial charge in [-0.1, -0.05) is 0 Å². The molecule has 0 saturated carbocycles. The van der Waals surface area contributed by atoms with Crippen LogP contribution in [0.3, 0.4) is 0 Å². The molecule has 1 aliphatic heterocycles. The van der Waals surface area contributed by atoms with E-state index >= 15 is 0 Å². The van der Waals surface area contributed by atoms with Crippen molar-refractivity contribution < 1.29 is 0 Å². The Hall–Kier alpha value is -2.37. The summed E-state index contributed by atoms with van der Waals surface area (Å²) in [5.41, 5.74) is 0.876. The summed E-state index contributed by atoms with van der Waals surface area (Å²) in [6, 6.07) is 4.06. The summed E-state index contributed by atoms with van der Waals surface area (Å²) in [4.78, 5) is 11.4. The summed E-state index contributed by atoms with van der Waals surface area (Å²) in [5.74, 6) is 2.97. The van der Waals surface area contributed by atoms with Crippen molar-refractivity contribution in [2.75, 3.05) is 18.0 Å². The molecular weight excluding hydrogens is 264 g/mol. The minimum Gasteiger partial charge on any atom is -0.356 e. The van der Waals surface area contributed by atoms with Crippen molar-refractivity contribution in [1.82, 2.24) is 24.1 Å². The van der Waals surface area contributed by atoms with Crippen LogP contribution in [0.1, 0.15) is 25.1 Å². The predicted molar refractivity (Wildman–Crippen MR) is 80.9 cm³/mol. The predicted octanol–water partition coefficient (Wildman–Crippen LogP) is 2.21. The summed E-state index contributed by atoms with van der Waals surface area (Å²) >= 11 is 0. The van der Waals surface area contributed by atoms with Gasteiger partial charge >= 0.3 is 0 Å². The molecule has 0 spiro atoms. The van der Waals surface area contributed by atoms with Crippen molar-refractivity contribution >= 4 is 11.5 Å². The van der Waals surface area contributed by atoms with Crippen molar-refractivity contribution in [3.05, 3.63) is 36.5 Å². The van der Waals surface area contributed by atoms with Crippen LogP contribution in [0.15, 0.2) is 30.7 Å². The van der Waals surface area contributed by atoms with Gasteiger partial charge in [0.15, 0.2) is 5.65 Å². The van der Waals surface area contributed by atoms with Gasteiger partial charge in [-0.25, -0.2) is 9.97 Å². The average molecular weight is 282 g/mol. The molecular formula is C15H18N6. The Kier molecular flexibility index (Phi) is 2.87. The molecule has 6 heteroatoms. The fourth-order valence-corrected chi connectivity index (χ4v) is 2.96. The molecule has 108 valence electrons. The maximum Gasteiger partial charge on any atom is 0.159 e. The highest BCUT2D eigenvalue weighted by Gasteiger charge is 2.16. The topological polar surface area (TPSA) is 51.2 Å². The van der Waals surface area contributed by atoms with Crippen molar-refractivity contribution in [2.24, 2.45) is 0 Å². The van der Waals surface area contributed by atoms with Gasteiger partial charge in [0.2, 0.25) is 0 Å². The number of aryl methyl sites for hydroxylation is 1. The van der Waals surface area contributed by atoms with Gasteiger partial charge in [0.05, 0.1) is 6.20 Å². The van der Waals surface area contributed by atoms with Gasteiger partial charge in [-0.2, -0.15) is 9.61 Å². The van der Waals surface area contributed by atoms with Crippen molar-refractivity contribution in [3.63, 3.8) is 0 Å². The molecule has 3 aromatic heterocycles. The summed E-state index contributed by atoms with van der Waals surface area (Å²) < 4.78 is 3.91. The minimum atomic E-state index is 0.876. The molecule has 0 unspecified atom stereocenters. The van der Waals surface area contributed by atoms with Crippen LogP contribution >= 0.6 is 0 Å². The number of piperidine rings is 1. The monoisotopic (exact) mass is 282 g/mol. The molecule has 3 aromatic rings. The lowest BCUT2D eigenvalue weighted by Gasteiger charge is -2.28. The van der Waals surface area contributed by atoms with Gasteiger partial charge in [-0.05, 0) is 26.2 Å². The lowest BCUT2D eigenvalue weighted by Crippen LogP contribution is -2.30. The zero-order valence-corrected chi connectivity index (χ0v) is 12.1. The Morgan fingerprint density at radius 2 is 1.95 bits per heavy atom. The number of rotatable bonds is 2. The van der Waals surface area contributed by atoms with Gasteiger partial charge < -0.3 is 4.90 Å². The van der Waals surface area contributed by atoms with E-state index in [0.29, 0.717) is 0 Å². The molecule has 0 bridgehead atoms. The number of nitrogens with zero attached hydrogens (tertiary/aromatic N) is 6. The first-order chi connectivity index (χ1) is 10.3. The van der Waals surface area contributed by atoms with E-state index < -0.39 is 0 Å². The van der Waals surface area contributed by atoms with E-state index in [1.54, 1.807) is 6.20 Å². The van der Waals surface area contributed by atoms with Crippen molar-refractivity contribution in [1.29, 1.82) is 0 Å². The Morgan fingerprint density at radius 3 is 2.71 bits per heavy atom. The molecule has 0 radical (unpaired) electrons. The summed E-state index contributed by atoms with van der Waals surface area (Å²) in [5, 5.41) is 4.39. The van der Waals surface area contributed by atoms with E-state index in [1.807, 2.05) is 29.9 Å². The highest BCUT2D eigenvalue weighted by molar-refractivity contribution is 5.54. The molecule has 0 aromatic carbocycles. The van der Waals surface area contributed by atoms with Crippen LogP contribution in [0.25, 0.3) is 11.5 Å². The van der Waals surface area contributed by atoms with E-state index in [0.717, 1.165) is 36.2 Å². The number of hydrogen-bond acceptors (Lipinski definition) is 4. The van der Waals surface area contributed by atoms with Gasteiger partial charge in [0.1, 0.15) is 17.5 Å². The molecule has 4 rings (SSSR count). The van der Waals surface area contributed by atoms with Gasteiger partial charge in [-0.3, -0.25) is 4.57 Å². The van der Waals surface area contributed by atoms with Crippen LogP contribution in [-0.2, 0) is 0 Å². The summed E-state index contributed by atoms with van der Waals surface area (Å²) in [6.07, 6.45) is 9.37. The number of aromatic nitrogens is 5. The van der Waals surface area contributed by atoms with E-state index in [1.165, 1.54) is 19.3 Å². The Labute approximate surface area is 123 Å². The van der Waals surface area contributed by atoms with E-state index in [9.17, 15) is 0 Å². The van der Waals surface area contributed by atoms with E-state index in [2.05, 4.69) is 25.6 Å². The molecule has 1 saturated heterocycles. The van der Waals surface area contributed by atoms with Crippen molar-refractivity contribution in [2.45, 2.75) is 26.2 Å². The fraction of sp³-hybridized carbons (Fsp3) is 0.400. The Morgan fingerprint density at radius 1 is 1.10 bits per heavy atom. The SMILES string of the molecule is Cc1nccn1-c1cc(N2CCCCC2)nc2ccnn12. The van der Waals surface area contributed by atoms with Crippen LogP contribution < -0.4 is 4.90 Å². The van der Waals surface area contributed by atoms with E-state index in [-0.39, 0.29) is 0 Å². The fourth-order valence-electron chi connectivity index (χ4n) is 2.96. The first-order valence-electron chi connectivity index (χ1n) is 7.43. The van der Waals surface area contributed by atoms with Crippen LogP contribution in [0.4, 0.5) is 5.82 Å². The third-order valence-corrected chi connectivity index (χ3v) is 4.08. The molecule has 1 aliphatic rings. The summed E-state index contributed by atoms with van der Waals surface area (Å²) in [6.45, 7) is 4.16. The van der Waals surface area contributed by atoms with Crippen LogP contribution in [-0.4, -0.2) is 37.2 Å². The second-order valence-electron chi connectivity index (χ2n) is 5.47. The van der Waals surface area contributed by atoms with Gasteiger partial charge in [0, 0.05) is 37.6 Å². The Balaban J connectivity index is 1.88. The lowest BCUT2D eigenvalue weighted by atomic mass is 10.1. The maximum absolute atomic E-state index is 4.75. The molecule has 0 N–H and O–H groups in total. The zero-order valence-electron chi connectivity index (χ0n) is 12.1. The number of imidazole rings is 1. The normalized spacial score (nSPS) is 15.8. The smallest absolute Gasteiger partial charge is 0.159 e. The third kappa shape index (κ3) is 2.07. The van der Waals surface area contributed by atoms with E-state index in [4.69, 9.17) is 4.98 Å². The first kappa shape index (κ1) is 12.4.